The number of ether oxygens (including phenoxy) is 3. The first kappa shape index (κ1) is 42.7. The molecule has 2 amide bonds. The van der Waals surface area contributed by atoms with Crippen molar-refractivity contribution in [3.63, 3.8) is 0 Å². The number of aliphatic hydroxyl groups is 1. The highest BCUT2D eigenvalue weighted by Crippen LogP contribution is 2.33. The van der Waals surface area contributed by atoms with Crippen LogP contribution in [0.15, 0.2) is 121 Å². The summed E-state index contributed by atoms with van der Waals surface area (Å²) in [5.74, 6) is -0.0321. The minimum Gasteiger partial charge on any atom is -0.497 e. The van der Waals surface area contributed by atoms with E-state index in [1.54, 1.807) is 13.2 Å². The zero-order valence-electron chi connectivity index (χ0n) is 33.5. The maximum atomic E-state index is 14.7. The molecule has 0 unspecified atom stereocenters. The van der Waals surface area contributed by atoms with Crippen LogP contribution in [0.4, 0.5) is 0 Å². The van der Waals surface area contributed by atoms with Gasteiger partial charge in [0.1, 0.15) is 18.1 Å². The van der Waals surface area contributed by atoms with Crippen molar-refractivity contribution in [2.24, 2.45) is 5.73 Å². The Balaban J connectivity index is 1.40. The molecule has 9 heteroatoms. The largest absolute Gasteiger partial charge is 0.497 e. The third-order valence-electron chi connectivity index (χ3n) is 9.96. The van der Waals surface area contributed by atoms with E-state index >= 15 is 0 Å². The number of nitrogens with zero attached hydrogens (tertiary/aromatic N) is 1. The Kier molecular flexibility index (Phi) is 16.7. The molecule has 0 aliphatic carbocycles. The molecular weight excluding hydrogens is 715 g/mol. The quantitative estimate of drug-likeness (QED) is 0.0576. The van der Waals surface area contributed by atoms with Crippen LogP contribution in [0.3, 0.4) is 0 Å². The molecule has 4 N–H and O–H groups in total. The highest BCUT2D eigenvalue weighted by molar-refractivity contribution is 6.02. The van der Waals surface area contributed by atoms with Crippen LogP contribution in [0.25, 0.3) is 0 Å². The second-order valence-electron chi connectivity index (χ2n) is 14.5. The summed E-state index contributed by atoms with van der Waals surface area (Å²) in [6.45, 7) is 7.22. The Morgan fingerprint density at radius 1 is 0.754 bits per heavy atom. The van der Waals surface area contributed by atoms with Gasteiger partial charge in [-0.2, -0.15) is 0 Å². The average Bonchev–Trinajstić information content (AvgIpc) is 3.23. The zero-order valence-corrected chi connectivity index (χ0v) is 33.5. The van der Waals surface area contributed by atoms with Crippen molar-refractivity contribution in [2.45, 2.75) is 71.3 Å². The van der Waals surface area contributed by atoms with E-state index in [0.29, 0.717) is 62.8 Å². The summed E-state index contributed by atoms with van der Waals surface area (Å²) < 4.78 is 17.3. The topological polar surface area (TPSA) is 123 Å². The predicted molar refractivity (Wildman–Crippen MR) is 226 cm³/mol. The van der Waals surface area contributed by atoms with Gasteiger partial charge in [0.25, 0.3) is 5.91 Å². The summed E-state index contributed by atoms with van der Waals surface area (Å²) in [7, 11) is 1.63. The minimum atomic E-state index is -0.988. The molecule has 0 bridgehead atoms. The highest BCUT2D eigenvalue weighted by atomic mass is 16.5. The van der Waals surface area contributed by atoms with Gasteiger partial charge in [0, 0.05) is 49.8 Å². The molecule has 0 aliphatic rings. The normalized spacial score (nSPS) is 12.1. The number of methoxy groups -OCH3 is 1. The van der Waals surface area contributed by atoms with Crippen molar-refractivity contribution in [1.29, 1.82) is 0 Å². The van der Waals surface area contributed by atoms with Crippen LogP contribution in [-0.2, 0) is 30.9 Å². The van der Waals surface area contributed by atoms with Gasteiger partial charge in [0.2, 0.25) is 5.91 Å². The Hall–Kier alpha value is -5.48. The number of nitrogens with one attached hydrogen (secondary N) is 1. The molecule has 0 aliphatic heterocycles. The van der Waals surface area contributed by atoms with E-state index in [-0.39, 0.29) is 18.0 Å². The van der Waals surface area contributed by atoms with Crippen LogP contribution in [0, 0.1) is 6.92 Å². The Morgan fingerprint density at radius 3 is 2.09 bits per heavy atom. The molecule has 0 saturated carbocycles. The maximum Gasteiger partial charge on any atom is 0.254 e. The first-order chi connectivity index (χ1) is 27.7. The van der Waals surface area contributed by atoms with Crippen molar-refractivity contribution in [2.75, 3.05) is 33.4 Å². The molecular formula is C48H57N3O6. The number of carbonyl (C=O) groups excluding carboxylic acids is 2. The molecule has 300 valence electrons. The van der Waals surface area contributed by atoms with Gasteiger partial charge in [0.15, 0.2) is 0 Å². The molecule has 0 radical (unpaired) electrons. The van der Waals surface area contributed by atoms with Crippen LogP contribution in [0.2, 0.25) is 0 Å². The van der Waals surface area contributed by atoms with Crippen LogP contribution in [0.5, 0.6) is 11.5 Å². The van der Waals surface area contributed by atoms with E-state index in [4.69, 9.17) is 19.9 Å². The molecule has 2 atom stereocenters. The summed E-state index contributed by atoms with van der Waals surface area (Å²) in [6.07, 6.45) is 1.66. The van der Waals surface area contributed by atoms with Crippen molar-refractivity contribution in [1.82, 2.24) is 10.2 Å². The van der Waals surface area contributed by atoms with Gasteiger partial charge in [-0.3, -0.25) is 9.59 Å². The van der Waals surface area contributed by atoms with E-state index in [1.807, 2.05) is 134 Å². The Morgan fingerprint density at radius 2 is 1.42 bits per heavy atom. The number of aryl methyl sites for hydroxylation is 1. The fourth-order valence-corrected chi connectivity index (χ4v) is 7.04. The monoisotopic (exact) mass is 771 g/mol. The second-order valence-corrected chi connectivity index (χ2v) is 14.5. The molecule has 0 saturated heterocycles. The fraction of sp³-hybridized carbons (Fsp3) is 0.333. The van der Waals surface area contributed by atoms with Crippen molar-refractivity contribution >= 4 is 11.8 Å². The third-order valence-corrected chi connectivity index (χ3v) is 9.96. The van der Waals surface area contributed by atoms with E-state index in [1.165, 1.54) is 0 Å². The number of carbonyl (C=O) groups is 2. The van der Waals surface area contributed by atoms with E-state index in [0.717, 1.165) is 52.8 Å². The standard InChI is InChI=1S/C48H57N3O6/c1-4-24-51(25-11-12-26-56-33-37-14-7-5-8-15-37)48(54)44-28-35(2)27-43(47(49)53)46(44)42(45(52)32-50-31-39-18-13-19-41(29-39)55-3)30-36-20-22-40(23-21-36)57-34-38-16-9-6-10-17-38/h5-10,13-23,27-29,42,45,50,52H,4,11-12,24-26,30-34H2,1-3H3,(H2,49,53)/t42-,45+/m1/s1. The van der Waals surface area contributed by atoms with Gasteiger partial charge < -0.3 is 35.3 Å². The first-order valence-electron chi connectivity index (χ1n) is 19.9. The van der Waals surface area contributed by atoms with Crippen LogP contribution >= 0.6 is 0 Å². The molecule has 0 aromatic heterocycles. The lowest BCUT2D eigenvalue weighted by Gasteiger charge is -2.30. The maximum absolute atomic E-state index is 14.7. The predicted octanol–water partition coefficient (Wildman–Crippen LogP) is 8.01. The molecule has 0 fully saturated rings. The third kappa shape index (κ3) is 13.0. The molecule has 57 heavy (non-hydrogen) atoms. The van der Waals surface area contributed by atoms with Gasteiger partial charge in [-0.15, -0.1) is 0 Å². The van der Waals surface area contributed by atoms with Gasteiger partial charge >= 0.3 is 0 Å². The van der Waals surface area contributed by atoms with Crippen LogP contribution < -0.4 is 20.5 Å². The van der Waals surface area contributed by atoms with E-state index in [2.05, 4.69) is 5.32 Å². The van der Waals surface area contributed by atoms with Crippen molar-refractivity contribution < 1.29 is 28.9 Å². The fourth-order valence-electron chi connectivity index (χ4n) is 7.04. The molecule has 9 nitrogen and oxygen atoms in total. The summed E-state index contributed by atoms with van der Waals surface area (Å²) in [5.41, 5.74) is 12.0. The smallest absolute Gasteiger partial charge is 0.254 e. The zero-order chi connectivity index (χ0) is 40.4. The number of hydrogen-bond acceptors (Lipinski definition) is 7. The number of unbranched alkanes of at least 4 members (excludes halogenated alkanes) is 1. The Bertz CT molecular complexity index is 1990. The minimum absolute atomic E-state index is 0.186. The number of amides is 2. The number of rotatable bonds is 23. The number of nitrogens with two attached hydrogens (primary N) is 1. The number of aliphatic hydroxyl groups excluding tert-OH is 1. The summed E-state index contributed by atoms with van der Waals surface area (Å²) in [5, 5.41) is 15.5. The molecule has 5 aromatic rings. The summed E-state index contributed by atoms with van der Waals surface area (Å²) in [4.78, 5) is 29.8. The van der Waals surface area contributed by atoms with Crippen molar-refractivity contribution in [3.05, 3.63) is 166 Å². The summed E-state index contributed by atoms with van der Waals surface area (Å²) in [6, 6.07) is 39.1. The second kappa shape index (κ2) is 22.3. The first-order valence-corrected chi connectivity index (χ1v) is 19.9. The number of benzene rings is 5. The molecule has 5 aromatic carbocycles. The lowest BCUT2D eigenvalue weighted by molar-refractivity contribution is 0.0734. The Labute approximate surface area is 337 Å². The molecule has 0 spiro atoms. The number of primary amides is 1. The molecule has 5 rings (SSSR count). The highest BCUT2D eigenvalue weighted by Gasteiger charge is 2.32. The van der Waals surface area contributed by atoms with Crippen molar-refractivity contribution in [3.8, 4) is 11.5 Å². The lowest BCUT2D eigenvalue weighted by atomic mass is 9.80. The SMILES string of the molecule is CCCN(CCCCOCc1ccccc1)C(=O)c1cc(C)cc(C(N)=O)c1[C@H](Cc1ccc(OCc2ccccc2)cc1)[C@@H](O)CNCc1cccc(OC)c1. The van der Waals surface area contributed by atoms with E-state index in [9.17, 15) is 14.7 Å². The number of hydrogen-bond donors (Lipinski definition) is 3. The molecule has 0 heterocycles. The van der Waals surface area contributed by atoms with Gasteiger partial charge in [-0.1, -0.05) is 91.9 Å². The van der Waals surface area contributed by atoms with Crippen LogP contribution in [-0.4, -0.2) is 61.3 Å². The lowest BCUT2D eigenvalue weighted by Crippen LogP contribution is -2.37. The van der Waals surface area contributed by atoms with Gasteiger partial charge in [-0.25, -0.2) is 0 Å². The summed E-state index contributed by atoms with van der Waals surface area (Å²) >= 11 is 0. The average molecular weight is 772 g/mol. The van der Waals surface area contributed by atoms with Crippen LogP contribution in [0.1, 0.15) is 86.2 Å². The van der Waals surface area contributed by atoms with E-state index < -0.39 is 17.9 Å². The van der Waals surface area contributed by atoms with Gasteiger partial charge in [0.05, 0.1) is 19.8 Å². The van der Waals surface area contributed by atoms with Gasteiger partial charge in [-0.05, 0) is 102 Å².